The highest BCUT2D eigenvalue weighted by Crippen LogP contribution is 2.48. The Morgan fingerprint density at radius 2 is 1.39 bits per heavy atom. The minimum absolute atomic E-state index is 0.00589. The van der Waals surface area contributed by atoms with Crippen LogP contribution in [0.2, 0.25) is 0 Å². The highest BCUT2D eigenvalue weighted by atomic mass is 31.2. The van der Waals surface area contributed by atoms with Crippen LogP contribution in [0, 0.1) is 0 Å². The lowest BCUT2D eigenvalue weighted by Gasteiger charge is -2.19. The molecule has 1 aromatic carbocycles. The number of anilines is 1. The number of nitrogens with one attached hydrogen (secondary N) is 1. The molecule has 0 saturated carbocycles. The summed E-state index contributed by atoms with van der Waals surface area (Å²) in [4.78, 5) is 22.6. The van der Waals surface area contributed by atoms with Gasteiger partial charge in [0.25, 0.3) is 5.56 Å². The molecule has 0 aliphatic carbocycles. The number of fused-ring (bicyclic) bond motifs is 1. The molecule has 0 bridgehead atoms. The molecule has 2 aromatic heterocycles. The van der Waals surface area contributed by atoms with Crippen molar-refractivity contribution in [2.75, 3.05) is 38.5 Å². The van der Waals surface area contributed by atoms with Gasteiger partial charge in [0.15, 0.2) is 17.5 Å². The average Bonchev–Trinajstić information content (AvgIpc) is 3.45. The minimum Gasteiger partial charge on any atom is -0.423 e. The Morgan fingerprint density at radius 3 is 2.02 bits per heavy atom. The van der Waals surface area contributed by atoms with Gasteiger partial charge in [0.2, 0.25) is 5.95 Å². The predicted molar refractivity (Wildman–Crippen MR) is 184 cm³/mol. The highest BCUT2D eigenvalue weighted by Gasteiger charge is 2.27. The number of para-hydroxylation sites is 1. The summed E-state index contributed by atoms with van der Waals surface area (Å²) < 4.78 is 38.0. The number of ether oxygens (including phenoxy) is 2. The molecule has 258 valence electrons. The molecule has 0 amide bonds. The van der Waals surface area contributed by atoms with E-state index in [2.05, 4.69) is 21.9 Å². The number of H-pyrrole nitrogens is 1. The number of rotatable bonds is 28. The van der Waals surface area contributed by atoms with Gasteiger partial charge in [-0.3, -0.25) is 14.3 Å². The van der Waals surface area contributed by atoms with Gasteiger partial charge in [-0.25, -0.2) is 9.55 Å². The molecule has 12 heteroatoms. The van der Waals surface area contributed by atoms with Crippen LogP contribution in [0.3, 0.4) is 0 Å². The van der Waals surface area contributed by atoms with Crippen molar-refractivity contribution in [3.8, 4) is 5.75 Å². The molecule has 0 aliphatic rings. The van der Waals surface area contributed by atoms with Gasteiger partial charge in [-0.2, -0.15) is 4.98 Å². The third-order valence-electron chi connectivity index (χ3n) is 7.86. The van der Waals surface area contributed by atoms with Crippen molar-refractivity contribution in [1.29, 1.82) is 0 Å². The van der Waals surface area contributed by atoms with Crippen molar-refractivity contribution in [1.82, 2.24) is 19.5 Å². The van der Waals surface area contributed by atoms with Crippen LogP contribution in [0.25, 0.3) is 11.2 Å². The second-order valence-corrected chi connectivity index (χ2v) is 13.8. The summed E-state index contributed by atoms with van der Waals surface area (Å²) in [6, 6.07) is 8.88. The second-order valence-electron chi connectivity index (χ2n) is 11.9. The van der Waals surface area contributed by atoms with E-state index < -0.39 is 13.2 Å². The number of benzene rings is 1. The third kappa shape index (κ3) is 15.2. The molecule has 2 heterocycles. The maximum Gasteiger partial charge on any atom is 0.404 e. The summed E-state index contributed by atoms with van der Waals surface area (Å²) in [6.45, 7) is 3.87. The van der Waals surface area contributed by atoms with Crippen LogP contribution in [0.5, 0.6) is 5.75 Å². The van der Waals surface area contributed by atoms with Crippen LogP contribution in [0.1, 0.15) is 110 Å². The number of nitrogen functional groups attached to an aromatic ring is 1. The Kier molecular flexibility index (Phi) is 18.7. The summed E-state index contributed by atoms with van der Waals surface area (Å²) in [5, 5.41) is 0. The lowest BCUT2D eigenvalue weighted by molar-refractivity contribution is 0.0853. The molecule has 46 heavy (non-hydrogen) atoms. The molecule has 0 radical (unpaired) electrons. The van der Waals surface area contributed by atoms with Gasteiger partial charge in [0, 0.05) is 13.2 Å². The minimum atomic E-state index is -3.62. The van der Waals surface area contributed by atoms with Gasteiger partial charge in [-0.15, -0.1) is 0 Å². The quantitative estimate of drug-likeness (QED) is 0.0581. The molecular formula is C34H56N5O6P. The number of hydrogen-bond donors (Lipinski definition) is 2. The summed E-state index contributed by atoms with van der Waals surface area (Å²) >= 11 is 0. The average molecular weight is 662 g/mol. The van der Waals surface area contributed by atoms with Gasteiger partial charge in [-0.1, -0.05) is 121 Å². The first-order valence-corrected chi connectivity index (χ1v) is 19.1. The number of hydrogen-bond acceptors (Lipinski definition) is 9. The van der Waals surface area contributed by atoms with Crippen molar-refractivity contribution >= 4 is 24.7 Å². The van der Waals surface area contributed by atoms with Crippen LogP contribution in [0.15, 0.2) is 41.5 Å². The lowest BCUT2D eigenvalue weighted by atomic mass is 10.0. The van der Waals surface area contributed by atoms with Gasteiger partial charge in [-0.05, 0) is 18.6 Å². The van der Waals surface area contributed by atoms with Crippen molar-refractivity contribution in [3.05, 3.63) is 47.0 Å². The van der Waals surface area contributed by atoms with Crippen molar-refractivity contribution in [2.45, 2.75) is 116 Å². The van der Waals surface area contributed by atoms with Crippen LogP contribution < -0.4 is 15.8 Å². The molecule has 11 nitrogen and oxygen atoms in total. The van der Waals surface area contributed by atoms with Gasteiger partial charge in [0.1, 0.15) is 5.75 Å². The lowest BCUT2D eigenvalue weighted by Crippen LogP contribution is -2.14. The third-order valence-corrected chi connectivity index (χ3v) is 9.43. The standard InChI is InChI=1S/C34H56N5O6P/c1-2-3-4-5-6-7-8-9-10-11-12-13-14-15-16-20-24-42-26-27-44-46(41,45-30-21-18-17-19-22-30)29-43-25-23-39-28-36-31-32(39)37-34(35)38-33(31)40/h17-19,21-22,28H,2-16,20,23-27,29H2,1H3,(H3,35,37,38,40). The summed E-state index contributed by atoms with van der Waals surface area (Å²) in [5.74, 6) is 0.439. The van der Waals surface area contributed by atoms with Crippen molar-refractivity contribution < 1.29 is 23.1 Å². The van der Waals surface area contributed by atoms with E-state index in [0.717, 1.165) is 12.8 Å². The summed E-state index contributed by atoms with van der Waals surface area (Å²) in [6.07, 6.45) is 22.6. The Morgan fingerprint density at radius 1 is 0.783 bits per heavy atom. The van der Waals surface area contributed by atoms with E-state index in [1.54, 1.807) is 28.8 Å². The number of aromatic nitrogens is 4. The normalized spacial score (nSPS) is 12.9. The number of aromatic amines is 1. The molecule has 0 fully saturated rings. The second kappa shape index (κ2) is 22.7. The zero-order valence-electron chi connectivity index (χ0n) is 27.8. The molecular weight excluding hydrogens is 605 g/mol. The molecule has 3 aromatic rings. The summed E-state index contributed by atoms with van der Waals surface area (Å²) in [5.41, 5.74) is 5.80. The number of nitrogens with two attached hydrogens (primary N) is 1. The molecule has 0 aliphatic heterocycles. The van der Waals surface area contributed by atoms with Crippen LogP contribution in [0.4, 0.5) is 5.95 Å². The Hall–Kier alpha value is -2.72. The molecule has 1 unspecified atom stereocenters. The van der Waals surface area contributed by atoms with Crippen LogP contribution >= 0.6 is 7.60 Å². The first-order chi connectivity index (χ1) is 22.5. The molecule has 3 rings (SSSR count). The zero-order valence-corrected chi connectivity index (χ0v) is 28.7. The largest absolute Gasteiger partial charge is 0.423 e. The fraction of sp³-hybridized carbons (Fsp3) is 0.676. The van der Waals surface area contributed by atoms with E-state index in [1.807, 2.05) is 6.07 Å². The Bertz CT molecular complexity index is 1320. The highest BCUT2D eigenvalue weighted by molar-refractivity contribution is 7.54. The predicted octanol–water partition coefficient (Wildman–Crippen LogP) is 8.24. The fourth-order valence-electron chi connectivity index (χ4n) is 5.30. The van der Waals surface area contributed by atoms with E-state index in [9.17, 15) is 9.36 Å². The number of nitrogens with zero attached hydrogens (tertiary/aromatic N) is 3. The van der Waals surface area contributed by atoms with Gasteiger partial charge in [0.05, 0.1) is 26.1 Å². The van der Waals surface area contributed by atoms with Gasteiger partial charge < -0.3 is 24.3 Å². The van der Waals surface area contributed by atoms with Crippen molar-refractivity contribution in [3.63, 3.8) is 0 Å². The first-order valence-electron chi connectivity index (χ1n) is 17.3. The molecule has 1 atom stereocenters. The van der Waals surface area contributed by atoms with Gasteiger partial charge >= 0.3 is 7.60 Å². The topological polar surface area (TPSA) is 144 Å². The summed E-state index contributed by atoms with van der Waals surface area (Å²) in [7, 11) is -3.62. The maximum absolute atomic E-state index is 13.5. The Labute approximate surface area is 274 Å². The van der Waals surface area contributed by atoms with Crippen LogP contribution in [-0.4, -0.2) is 52.3 Å². The SMILES string of the molecule is CCCCCCCCCCCCCCCCCCOCCOP(=O)(COCCn1cnc2c(=O)[nH]c(N)nc21)Oc1ccccc1. The zero-order chi connectivity index (χ0) is 32.7. The van der Waals surface area contributed by atoms with Crippen molar-refractivity contribution in [2.24, 2.45) is 0 Å². The van der Waals surface area contributed by atoms with E-state index in [4.69, 9.17) is 24.3 Å². The maximum atomic E-state index is 13.5. The Balaban J connectivity index is 1.23. The first kappa shape index (κ1) is 37.7. The van der Waals surface area contributed by atoms with E-state index in [0.29, 0.717) is 31.2 Å². The number of imidazole rings is 1. The molecule has 3 N–H and O–H groups in total. The van der Waals surface area contributed by atoms with E-state index >= 15 is 0 Å². The number of unbranched alkanes of at least 4 members (excludes halogenated alkanes) is 15. The molecule has 0 spiro atoms. The van der Waals surface area contributed by atoms with E-state index in [-0.39, 0.29) is 31.0 Å². The van der Waals surface area contributed by atoms with Crippen LogP contribution in [-0.2, 0) is 25.1 Å². The fourth-order valence-corrected chi connectivity index (χ4v) is 6.62. The monoisotopic (exact) mass is 661 g/mol. The smallest absolute Gasteiger partial charge is 0.404 e. The van der Waals surface area contributed by atoms with E-state index in [1.165, 1.54) is 96.2 Å². The molecule has 0 saturated heterocycles.